The lowest BCUT2D eigenvalue weighted by molar-refractivity contribution is 0.185. The van der Waals surface area contributed by atoms with Crippen LogP contribution < -0.4 is 9.47 Å². The average molecular weight is 278 g/mol. The molecule has 0 aliphatic heterocycles. The number of nitrogens with zero attached hydrogens (tertiary/aromatic N) is 2. The first-order valence-electron chi connectivity index (χ1n) is 6.44. The van der Waals surface area contributed by atoms with Gasteiger partial charge in [0, 0.05) is 18.1 Å². The Morgan fingerprint density at radius 2 is 2.20 bits per heavy atom. The molecular weight excluding hydrogens is 260 g/mol. The van der Waals surface area contributed by atoms with Crippen molar-refractivity contribution in [1.29, 1.82) is 0 Å². The maximum absolute atomic E-state index is 9.74. The topological polar surface area (TPSA) is 77.6 Å². The largest absolute Gasteiger partial charge is 0.497 e. The van der Waals surface area contributed by atoms with Crippen molar-refractivity contribution in [3.8, 4) is 11.5 Å². The molecule has 2 rings (SSSR count). The average Bonchev–Trinajstić information content (AvgIpc) is 2.92. The van der Waals surface area contributed by atoms with E-state index in [2.05, 4.69) is 10.1 Å². The second kappa shape index (κ2) is 6.38. The number of aromatic nitrogens is 2. The molecule has 1 aromatic heterocycles. The van der Waals surface area contributed by atoms with Crippen molar-refractivity contribution in [2.75, 3.05) is 7.11 Å². The minimum Gasteiger partial charge on any atom is -0.497 e. The zero-order valence-corrected chi connectivity index (χ0v) is 11.8. The van der Waals surface area contributed by atoms with Gasteiger partial charge in [-0.15, -0.1) is 0 Å². The highest BCUT2D eigenvalue weighted by Crippen LogP contribution is 2.30. The Hall–Kier alpha value is -2.08. The summed E-state index contributed by atoms with van der Waals surface area (Å²) in [5.41, 5.74) is 0.682. The lowest BCUT2D eigenvalue weighted by Crippen LogP contribution is -2.02. The van der Waals surface area contributed by atoms with Crippen molar-refractivity contribution >= 4 is 0 Å². The van der Waals surface area contributed by atoms with Crippen LogP contribution >= 0.6 is 0 Å². The van der Waals surface area contributed by atoms with Crippen LogP contribution in [0.3, 0.4) is 0 Å². The number of methoxy groups -OCH3 is 1. The molecule has 108 valence electrons. The Labute approximate surface area is 117 Å². The predicted octanol–water partition coefficient (Wildman–Crippen LogP) is 2.27. The monoisotopic (exact) mass is 278 g/mol. The minimum absolute atomic E-state index is 0.153. The van der Waals surface area contributed by atoms with Gasteiger partial charge in [0.05, 0.1) is 13.2 Å². The third-order valence-corrected chi connectivity index (χ3v) is 2.85. The van der Waals surface area contributed by atoms with E-state index in [4.69, 9.17) is 14.0 Å². The van der Waals surface area contributed by atoms with Gasteiger partial charge in [-0.05, 0) is 19.1 Å². The summed E-state index contributed by atoms with van der Waals surface area (Å²) in [7, 11) is 1.58. The van der Waals surface area contributed by atoms with Gasteiger partial charge in [-0.25, -0.2) is 0 Å². The zero-order valence-electron chi connectivity index (χ0n) is 11.8. The summed E-state index contributed by atoms with van der Waals surface area (Å²) >= 11 is 0. The molecule has 20 heavy (non-hydrogen) atoms. The normalized spacial score (nSPS) is 12.2. The van der Waals surface area contributed by atoms with E-state index in [9.17, 15) is 5.11 Å². The van der Waals surface area contributed by atoms with Crippen molar-refractivity contribution in [2.24, 2.45) is 0 Å². The second-order valence-corrected chi connectivity index (χ2v) is 4.33. The van der Waals surface area contributed by atoms with Gasteiger partial charge in [0.1, 0.15) is 11.5 Å². The van der Waals surface area contributed by atoms with E-state index < -0.39 is 6.10 Å². The molecule has 1 atom stereocenters. The van der Waals surface area contributed by atoms with E-state index in [1.807, 2.05) is 6.92 Å². The van der Waals surface area contributed by atoms with Crippen molar-refractivity contribution < 1.29 is 19.1 Å². The third kappa shape index (κ3) is 3.27. The molecule has 1 N–H and O–H groups in total. The minimum atomic E-state index is -0.634. The molecule has 0 bridgehead atoms. The molecule has 0 aliphatic rings. The van der Waals surface area contributed by atoms with E-state index in [0.29, 0.717) is 35.2 Å². The van der Waals surface area contributed by atoms with Crippen LogP contribution in [0.25, 0.3) is 0 Å². The number of hydrogen-bond acceptors (Lipinski definition) is 6. The molecular formula is C14H18N2O4. The van der Waals surface area contributed by atoms with Gasteiger partial charge >= 0.3 is 0 Å². The lowest BCUT2D eigenvalue weighted by atomic mass is 10.1. The summed E-state index contributed by atoms with van der Waals surface area (Å²) in [5, 5.41) is 13.5. The molecule has 6 nitrogen and oxygen atoms in total. The van der Waals surface area contributed by atoms with Crippen LogP contribution in [0.4, 0.5) is 0 Å². The number of aryl methyl sites for hydroxylation is 1. The van der Waals surface area contributed by atoms with Gasteiger partial charge in [-0.3, -0.25) is 0 Å². The van der Waals surface area contributed by atoms with E-state index in [0.717, 1.165) is 0 Å². The number of aliphatic hydroxyl groups is 1. The molecule has 1 heterocycles. The van der Waals surface area contributed by atoms with Gasteiger partial charge in [-0.2, -0.15) is 4.98 Å². The zero-order chi connectivity index (χ0) is 14.5. The summed E-state index contributed by atoms with van der Waals surface area (Å²) in [5.74, 6) is 2.24. The fraction of sp³-hybridized carbons (Fsp3) is 0.429. The standard InChI is InChI=1S/C14H18N2O4/c1-4-13-15-14(20-16-13)8-19-12-7-10(18-3)5-6-11(12)9(2)17/h5-7,9,17H,4,8H2,1-3H3. The summed E-state index contributed by atoms with van der Waals surface area (Å²) in [4.78, 5) is 4.16. The third-order valence-electron chi connectivity index (χ3n) is 2.85. The van der Waals surface area contributed by atoms with Gasteiger partial charge in [0.2, 0.25) is 0 Å². The molecule has 0 aliphatic carbocycles. The lowest BCUT2D eigenvalue weighted by Gasteiger charge is -2.13. The van der Waals surface area contributed by atoms with Crippen LogP contribution in [0.2, 0.25) is 0 Å². The predicted molar refractivity (Wildman–Crippen MR) is 71.6 cm³/mol. The Balaban J connectivity index is 2.14. The quantitative estimate of drug-likeness (QED) is 0.873. The molecule has 6 heteroatoms. The molecule has 0 spiro atoms. The Morgan fingerprint density at radius 3 is 2.80 bits per heavy atom. The Morgan fingerprint density at radius 1 is 1.40 bits per heavy atom. The Kier molecular flexibility index (Phi) is 4.57. The van der Waals surface area contributed by atoms with Crippen molar-refractivity contribution in [3.63, 3.8) is 0 Å². The van der Waals surface area contributed by atoms with Gasteiger partial charge in [0.25, 0.3) is 5.89 Å². The second-order valence-electron chi connectivity index (χ2n) is 4.33. The molecule has 0 amide bonds. The number of hydrogen-bond donors (Lipinski definition) is 1. The van der Waals surface area contributed by atoms with Crippen LogP contribution in [-0.4, -0.2) is 22.4 Å². The van der Waals surface area contributed by atoms with E-state index in [-0.39, 0.29) is 6.61 Å². The number of benzene rings is 1. The number of rotatable bonds is 6. The summed E-state index contributed by atoms with van der Waals surface area (Å²) < 4.78 is 15.9. The first-order valence-corrected chi connectivity index (χ1v) is 6.44. The smallest absolute Gasteiger partial charge is 0.264 e. The number of ether oxygens (including phenoxy) is 2. The highest BCUT2D eigenvalue weighted by molar-refractivity contribution is 5.41. The molecule has 0 fully saturated rings. The van der Waals surface area contributed by atoms with Gasteiger partial charge in [-0.1, -0.05) is 12.1 Å². The van der Waals surface area contributed by atoms with Crippen LogP contribution in [-0.2, 0) is 13.0 Å². The van der Waals surface area contributed by atoms with Crippen LogP contribution in [0.1, 0.15) is 37.2 Å². The highest BCUT2D eigenvalue weighted by Gasteiger charge is 2.12. The van der Waals surface area contributed by atoms with E-state index in [1.165, 1.54) is 0 Å². The summed E-state index contributed by atoms with van der Waals surface area (Å²) in [6, 6.07) is 5.26. The van der Waals surface area contributed by atoms with Crippen molar-refractivity contribution in [1.82, 2.24) is 10.1 Å². The van der Waals surface area contributed by atoms with Gasteiger partial charge in [0.15, 0.2) is 12.4 Å². The first-order chi connectivity index (χ1) is 9.63. The fourth-order valence-corrected chi connectivity index (χ4v) is 1.74. The molecule has 2 aromatic rings. The van der Waals surface area contributed by atoms with Crippen LogP contribution in [0, 0.1) is 0 Å². The molecule has 1 aromatic carbocycles. The van der Waals surface area contributed by atoms with E-state index >= 15 is 0 Å². The fourth-order valence-electron chi connectivity index (χ4n) is 1.74. The maximum atomic E-state index is 9.74. The van der Waals surface area contributed by atoms with Gasteiger partial charge < -0.3 is 19.1 Å². The SMILES string of the molecule is CCc1noc(COc2cc(OC)ccc2C(C)O)n1. The highest BCUT2D eigenvalue weighted by atomic mass is 16.5. The van der Waals surface area contributed by atoms with E-state index in [1.54, 1.807) is 32.2 Å². The molecule has 0 radical (unpaired) electrons. The summed E-state index contributed by atoms with van der Waals surface area (Å²) in [6.07, 6.45) is 0.0755. The Bertz CT molecular complexity index is 566. The van der Waals surface area contributed by atoms with Crippen LogP contribution in [0.15, 0.2) is 22.7 Å². The first kappa shape index (κ1) is 14.3. The molecule has 0 saturated carbocycles. The summed E-state index contributed by atoms with van der Waals surface area (Å²) in [6.45, 7) is 3.78. The maximum Gasteiger partial charge on any atom is 0.264 e. The van der Waals surface area contributed by atoms with Crippen molar-refractivity contribution in [3.05, 3.63) is 35.5 Å². The molecule has 0 saturated heterocycles. The number of aliphatic hydroxyl groups excluding tert-OH is 1. The van der Waals surface area contributed by atoms with Crippen molar-refractivity contribution in [2.45, 2.75) is 33.0 Å². The van der Waals surface area contributed by atoms with Crippen LogP contribution in [0.5, 0.6) is 11.5 Å². The molecule has 1 unspecified atom stereocenters.